The Morgan fingerprint density at radius 3 is 2.50 bits per heavy atom. The average molecular weight is 461 g/mol. The number of carbonyl (C=O) groups excluding carboxylic acids is 1. The predicted molar refractivity (Wildman–Crippen MR) is 142 cm³/mol. The molecule has 7 heteroatoms. The van der Waals surface area contributed by atoms with Crippen LogP contribution in [0.5, 0.6) is 0 Å². The Morgan fingerprint density at radius 1 is 1.06 bits per heavy atom. The maximum absolute atomic E-state index is 9.86. The van der Waals surface area contributed by atoms with Crippen LogP contribution in [-0.2, 0) is 17.8 Å². The fraction of sp³-hybridized carbons (Fsp3) is 0.370. The summed E-state index contributed by atoms with van der Waals surface area (Å²) in [6.45, 7) is 6.55. The van der Waals surface area contributed by atoms with Gasteiger partial charge in [-0.05, 0) is 50.6 Å². The van der Waals surface area contributed by atoms with E-state index in [1.165, 1.54) is 0 Å². The van der Waals surface area contributed by atoms with Gasteiger partial charge in [-0.1, -0.05) is 56.7 Å². The lowest BCUT2D eigenvalue weighted by molar-refractivity contribution is -0.105. The number of unbranched alkanes of at least 4 members (excludes halogenated alkanes) is 1. The van der Waals surface area contributed by atoms with E-state index in [0.29, 0.717) is 18.1 Å². The van der Waals surface area contributed by atoms with E-state index in [1.807, 2.05) is 49.5 Å². The van der Waals surface area contributed by atoms with Crippen LogP contribution in [-0.4, -0.2) is 34.5 Å². The quantitative estimate of drug-likeness (QED) is 0.228. The number of imidazole rings is 1. The first-order chi connectivity index (χ1) is 16.6. The largest absolute Gasteiger partial charge is 0.382 e. The first-order valence-corrected chi connectivity index (χ1v) is 12.0. The van der Waals surface area contributed by atoms with Gasteiger partial charge < -0.3 is 20.9 Å². The van der Waals surface area contributed by atoms with Crippen molar-refractivity contribution in [3.8, 4) is 0 Å². The van der Waals surface area contributed by atoms with Crippen LogP contribution in [0.2, 0.25) is 0 Å². The van der Waals surface area contributed by atoms with E-state index in [2.05, 4.69) is 46.2 Å². The summed E-state index contributed by atoms with van der Waals surface area (Å²) in [5.74, 6) is 2.27. The molecule has 4 rings (SSSR count). The lowest BCUT2D eigenvalue weighted by Gasteiger charge is -2.15. The smallest absolute Gasteiger partial charge is 0.211 e. The highest BCUT2D eigenvalue weighted by molar-refractivity contribution is 6.06. The second-order valence-corrected chi connectivity index (χ2v) is 8.55. The van der Waals surface area contributed by atoms with Gasteiger partial charge in [0.1, 0.15) is 11.3 Å². The predicted octanol–water partition coefficient (Wildman–Crippen LogP) is 5.01. The maximum Gasteiger partial charge on any atom is 0.211 e. The molecule has 4 aromatic rings. The van der Waals surface area contributed by atoms with Gasteiger partial charge in [-0.25, -0.2) is 9.97 Å². The number of carbonyl (C=O) groups is 1. The third kappa shape index (κ3) is 6.32. The van der Waals surface area contributed by atoms with Crippen molar-refractivity contribution in [1.82, 2.24) is 19.9 Å². The van der Waals surface area contributed by atoms with Crippen LogP contribution in [0.1, 0.15) is 38.9 Å². The number of hydrogen-bond donors (Lipinski definition) is 3. The number of nitrogens with two attached hydrogens (primary N) is 1. The Kier molecular flexibility index (Phi) is 9.40. The van der Waals surface area contributed by atoms with Gasteiger partial charge in [-0.15, -0.1) is 0 Å². The number of pyridine rings is 1. The molecule has 2 aromatic carbocycles. The van der Waals surface area contributed by atoms with Gasteiger partial charge in [-0.3, -0.25) is 4.79 Å². The molecule has 1 unspecified atom stereocenters. The number of rotatable bonds is 10. The van der Waals surface area contributed by atoms with Gasteiger partial charge in [0.25, 0.3) is 0 Å². The molecule has 0 fully saturated rings. The minimum absolute atomic E-state index is 0.535. The van der Waals surface area contributed by atoms with Gasteiger partial charge in [0.2, 0.25) is 6.41 Å². The summed E-state index contributed by atoms with van der Waals surface area (Å²) in [5.41, 5.74) is 10.0. The molecular formula is C27H36N6O. The monoisotopic (exact) mass is 460 g/mol. The SMILES string of the molecule is CCC(C)Cn1c(CCCCNC)nc2c(N)nc3ccccc3c21.O=CNc1ccccc1. The molecule has 0 aliphatic heterocycles. The van der Waals surface area contributed by atoms with Crippen molar-refractivity contribution in [3.05, 3.63) is 60.4 Å². The second-order valence-electron chi connectivity index (χ2n) is 8.55. The number of amides is 1. The van der Waals surface area contributed by atoms with Gasteiger partial charge in [0, 0.05) is 24.0 Å². The summed E-state index contributed by atoms with van der Waals surface area (Å²) in [6.07, 6.45) is 5.06. The molecule has 0 aliphatic carbocycles. The van der Waals surface area contributed by atoms with Gasteiger partial charge >= 0.3 is 0 Å². The fourth-order valence-electron chi connectivity index (χ4n) is 3.92. The molecule has 34 heavy (non-hydrogen) atoms. The summed E-state index contributed by atoms with van der Waals surface area (Å²) in [7, 11) is 2.00. The highest BCUT2D eigenvalue weighted by atomic mass is 16.1. The molecule has 0 radical (unpaired) electrons. The van der Waals surface area contributed by atoms with E-state index >= 15 is 0 Å². The number of para-hydroxylation sites is 2. The van der Waals surface area contributed by atoms with E-state index in [0.717, 1.165) is 72.2 Å². The molecule has 2 heterocycles. The van der Waals surface area contributed by atoms with Gasteiger partial charge in [0.05, 0.1) is 11.0 Å². The maximum atomic E-state index is 9.86. The molecular weight excluding hydrogens is 424 g/mol. The molecule has 0 aliphatic rings. The van der Waals surface area contributed by atoms with Crippen molar-refractivity contribution >= 4 is 39.9 Å². The minimum Gasteiger partial charge on any atom is -0.382 e. The summed E-state index contributed by atoms with van der Waals surface area (Å²) >= 11 is 0. The first-order valence-electron chi connectivity index (χ1n) is 12.0. The highest BCUT2D eigenvalue weighted by Crippen LogP contribution is 2.30. The molecule has 2 aromatic heterocycles. The number of aryl methyl sites for hydroxylation is 1. The van der Waals surface area contributed by atoms with Crippen molar-refractivity contribution in [1.29, 1.82) is 0 Å². The summed E-state index contributed by atoms with van der Waals surface area (Å²) < 4.78 is 2.39. The van der Waals surface area contributed by atoms with Crippen molar-refractivity contribution < 1.29 is 4.79 Å². The topological polar surface area (TPSA) is 97.9 Å². The van der Waals surface area contributed by atoms with Crippen LogP contribution in [0, 0.1) is 5.92 Å². The molecule has 1 atom stereocenters. The van der Waals surface area contributed by atoms with E-state index < -0.39 is 0 Å². The van der Waals surface area contributed by atoms with Crippen LogP contribution in [0.4, 0.5) is 11.5 Å². The number of hydrogen-bond acceptors (Lipinski definition) is 5. The van der Waals surface area contributed by atoms with Crippen LogP contribution >= 0.6 is 0 Å². The van der Waals surface area contributed by atoms with Crippen molar-refractivity contribution in [2.75, 3.05) is 24.6 Å². The highest BCUT2D eigenvalue weighted by Gasteiger charge is 2.18. The molecule has 0 spiro atoms. The van der Waals surface area contributed by atoms with E-state index in [9.17, 15) is 4.79 Å². The van der Waals surface area contributed by atoms with Crippen LogP contribution in [0.3, 0.4) is 0 Å². The third-order valence-corrected chi connectivity index (χ3v) is 5.96. The Bertz CT molecular complexity index is 1190. The minimum atomic E-state index is 0.535. The Labute approximate surface area is 201 Å². The van der Waals surface area contributed by atoms with E-state index in [4.69, 9.17) is 10.7 Å². The zero-order valence-electron chi connectivity index (χ0n) is 20.4. The number of nitrogens with zero attached hydrogens (tertiary/aromatic N) is 3. The molecule has 4 N–H and O–H groups in total. The third-order valence-electron chi connectivity index (χ3n) is 5.96. The molecule has 7 nitrogen and oxygen atoms in total. The number of aromatic nitrogens is 3. The zero-order chi connectivity index (χ0) is 24.3. The first kappa shape index (κ1) is 25.2. The second kappa shape index (κ2) is 12.7. The van der Waals surface area contributed by atoms with Crippen LogP contribution < -0.4 is 16.4 Å². The zero-order valence-corrected chi connectivity index (χ0v) is 20.4. The van der Waals surface area contributed by atoms with Crippen molar-refractivity contribution in [2.45, 2.75) is 46.1 Å². The molecule has 1 amide bonds. The Balaban J connectivity index is 0.000000302. The number of nitrogen functional groups attached to an aromatic ring is 1. The molecule has 0 saturated carbocycles. The average Bonchev–Trinajstić information content (AvgIpc) is 3.22. The summed E-state index contributed by atoms with van der Waals surface area (Å²) in [5, 5.41) is 6.88. The summed E-state index contributed by atoms with van der Waals surface area (Å²) in [6, 6.07) is 17.5. The number of benzene rings is 2. The van der Waals surface area contributed by atoms with E-state index in [1.54, 1.807) is 0 Å². The lowest BCUT2D eigenvalue weighted by atomic mass is 10.1. The van der Waals surface area contributed by atoms with Crippen molar-refractivity contribution in [3.63, 3.8) is 0 Å². The van der Waals surface area contributed by atoms with Crippen LogP contribution in [0.15, 0.2) is 54.6 Å². The number of nitrogens with one attached hydrogen (secondary N) is 2. The Hall–Kier alpha value is -3.45. The number of fused-ring (bicyclic) bond motifs is 3. The van der Waals surface area contributed by atoms with Crippen LogP contribution in [0.25, 0.3) is 21.9 Å². The molecule has 180 valence electrons. The normalized spacial score (nSPS) is 11.7. The molecule has 0 saturated heterocycles. The lowest BCUT2D eigenvalue weighted by Crippen LogP contribution is -2.12. The fourth-order valence-corrected chi connectivity index (χ4v) is 3.92. The summed E-state index contributed by atoms with van der Waals surface area (Å²) in [4.78, 5) is 19.3. The molecule has 0 bridgehead atoms. The van der Waals surface area contributed by atoms with E-state index in [-0.39, 0.29) is 0 Å². The standard InChI is InChI=1S/C20H29N5.C7H7NO/c1-4-14(2)13-25-17(11-7-8-12-22-3)24-18-19(25)15-9-5-6-10-16(15)23-20(18)21;9-6-8-7-4-2-1-3-5-7/h5-6,9-10,14,22H,4,7-8,11-13H2,1-3H3,(H2,21,23);1-6H,(H,8,9). The number of anilines is 2. The Morgan fingerprint density at radius 2 is 1.79 bits per heavy atom. The van der Waals surface area contributed by atoms with Gasteiger partial charge in [0.15, 0.2) is 5.82 Å². The van der Waals surface area contributed by atoms with Crippen molar-refractivity contribution in [2.24, 2.45) is 5.92 Å². The van der Waals surface area contributed by atoms with Gasteiger partial charge in [-0.2, -0.15) is 0 Å².